The number of carbonyl (C=O) groups is 2. The van der Waals surface area contributed by atoms with E-state index in [1.54, 1.807) is 4.90 Å². The van der Waals surface area contributed by atoms with E-state index in [-0.39, 0.29) is 24.5 Å². The Labute approximate surface area is 157 Å². The molecule has 0 radical (unpaired) electrons. The fourth-order valence-corrected chi connectivity index (χ4v) is 5.12. The summed E-state index contributed by atoms with van der Waals surface area (Å²) >= 11 is 1.52. The third kappa shape index (κ3) is 3.16. The molecule has 0 unspecified atom stereocenters. The number of para-hydroxylation sites is 1. The molecule has 2 heterocycles. The molecular weight excluding hydrogens is 346 g/mol. The first kappa shape index (κ1) is 17.3. The van der Waals surface area contributed by atoms with Gasteiger partial charge in [-0.1, -0.05) is 25.1 Å². The molecule has 0 saturated heterocycles. The summed E-state index contributed by atoms with van der Waals surface area (Å²) in [6.07, 6.45) is 4.08. The van der Waals surface area contributed by atoms with Crippen molar-refractivity contribution in [3.05, 3.63) is 51.2 Å². The molecule has 1 aromatic carbocycles. The second-order valence-electron chi connectivity index (χ2n) is 7.43. The third-order valence-electron chi connectivity index (χ3n) is 5.33. The molecule has 2 aliphatic rings. The number of hydrogen-bond donors (Lipinski definition) is 0. The summed E-state index contributed by atoms with van der Waals surface area (Å²) in [4.78, 5) is 28.7. The van der Waals surface area contributed by atoms with Crippen molar-refractivity contribution in [1.82, 2.24) is 0 Å². The molecule has 0 bridgehead atoms. The Morgan fingerprint density at radius 3 is 2.85 bits per heavy atom. The van der Waals surface area contributed by atoms with Gasteiger partial charge in [-0.05, 0) is 61.8 Å². The van der Waals surface area contributed by atoms with Gasteiger partial charge < -0.3 is 9.64 Å². The van der Waals surface area contributed by atoms with Crippen LogP contribution < -0.4 is 4.90 Å². The number of nitrogens with zero attached hydrogens (tertiary/aromatic N) is 1. The Morgan fingerprint density at radius 1 is 1.19 bits per heavy atom. The van der Waals surface area contributed by atoms with Crippen LogP contribution in [0.15, 0.2) is 30.3 Å². The largest absolute Gasteiger partial charge is 0.451 e. The molecule has 0 N–H and O–H groups in total. The van der Waals surface area contributed by atoms with E-state index in [9.17, 15) is 9.59 Å². The van der Waals surface area contributed by atoms with Crippen LogP contribution >= 0.6 is 11.3 Å². The molecule has 1 aromatic heterocycles. The van der Waals surface area contributed by atoms with Gasteiger partial charge in [0.25, 0.3) is 5.91 Å². The van der Waals surface area contributed by atoms with Gasteiger partial charge in [-0.25, -0.2) is 4.79 Å². The smallest absolute Gasteiger partial charge is 0.348 e. The van der Waals surface area contributed by atoms with Crippen LogP contribution in [0.5, 0.6) is 0 Å². The highest BCUT2D eigenvalue weighted by atomic mass is 32.1. The van der Waals surface area contributed by atoms with Crippen LogP contribution in [-0.4, -0.2) is 24.5 Å². The van der Waals surface area contributed by atoms with Gasteiger partial charge in [-0.15, -0.1) is 11.3 Å². The number of thiophene rings is 1. The maximum atomic E-state index is 12.6. The standard InChI is InChI=1S/C21H23NO3S/c1-13-7-8-18-16(9-13)11-19(26-18)21(24)25-12-20(23)22-14(2)10-15-5-3-4-6-17(15)22/h3-6,11,13-14H,7-10,12H2,1-2H3/t13-,14-/m1/s1. The molecule has 4 rings (SSSR count). The predicted octanol–water partition coefficient (Wildman–Crippen LogP) is 4.01. The predicted molar refractivity (Wildman–Crippen MR) is 103 cm³/mol. The van der Waals surface area contributed by atoms with Gasteiger partial charge in [0.2, 0.25) is 0 Å². The van der Waals surface area contributed by atoms with Crippen LogP contribution in [0.4, 0.5) is 5.69 Å². The van der Waals surface area contributed by atoms with E-state index in [4.69, 9.17) is 4.74 Å². The molecule has 4 nitrogen and oxygen atoms in total. The molecule has 1 aliphatic heterocycles. The van der Waals surface area contributed by atoms with Crippen molar-refractivity contribution >= 4 is 28.9 Å². The first-order chi connectivity index (χ1) is 12.5. The van der Waals surface area contributed by atoms with Crippen molar-refractivity contribution < 1.29 is 14.3 Å². The second kappa shape index (κ2) is 6.88. The van der Waals surface area contributed by atoms with Crippen molar-refractivity contribution in [3.63, 3.8) is 0 Å². The van der Waals surface area contributed by atoms with Crippen LogP contribution in [0.3, 0.4) is 0 Å². The van der Waals surface area contributed by atoms with Gasteiger partial charge in [0.1, 0.15) is 4.88 Å². The minimum Gasteiger partial charge on any atom is -0.451 e. The number of rotatable bonds is 3. The summed E-state index contributed by atoms with van der Waals surface area (Å²) in [6.45, 7) is 4.05. The quantitative estimate of drug-likeness (QED) is 0.768. The van der Waals surface area contributed by atoms with Crippen LogP contribution in [0.25, 0.3) is 0 Å². The summed E-state index contributed by atoms with van der Waals surface area (Å²) in [5.74, 6) is 0.121. The van der Waals surface area contributed by atoms with Gasteiger partial charge in [-0.3, -0.25) is 4.79 Å². The molecule has 0 fully saturated rings. The number of carbonyl (C=O) groups excluding carboxylic acids is 2. The minimum absolute atomic E-state index is 0.0918. The molecule has 1 amide bonds. The van der Waals surface area contributed by atoms with Crippen LogP contribution in [0.1, 0.15) is 45.9 Å². The lowest BCUT2D eigenvalue weighted by atomic mass is 9.90. The fraction of sp³-hybridized carbons (Fsp3) is 0.429. The molecule has 2 atom stereocenters. The summed E-state index contributed by atoms with van der Waals surface area (Å²) in [6, 6.07) is 9.96. The monoisotopic (exact) mass is 369 g/mol. The summed E-state index contributed by atoms with van der Waals surface area (Å²) < 4.78 is 5.35. The van der Waals surface area contributed by atoms with E-state index in [2.05, 4.69) is 6.92 Å². The number of fused-ring (bicyclic) bond motifs is 2. The molecule has 26 heavy (non-hydrogen) atoms. The van der Waals surface area contributed by atoms with E-state index in [0.717, 1.165) is 24.9 Å². The van der Waals surface area contributed by atoms with Gasteiger partial charge in [0.15, 0.2) is 6.61 Å². The average Bonchev–Trinajstić information content (AvgIpc) is 3.18. The van der Waals surface area contributed by atoms with Crippen LogP contribution in [0.2, 0.25) is 0 Å². The molecule has 0 spiro atoms. The topological polar surface area (TPSA) is 46.6 Å². The van der Waals surface area contributed by atoms with Crippen LogP contribution in [-0.2, 0) is 28.8 Å². The second-order valence-corrected chi connectivity index (χ2v) is 8.57. The zero-order chi connectivity index (χ0) is 18.3. The Morgan fingerprint density at radius 2 is 2.00 bits per heavy atom. The number of anilines is 1. The Hall–Kier alpha value is -2.14. The number of esters is 1. The number of aryl methyl sites for hydroxylation is 1. The van der Waals surface area contributed by atoms with Crippen LogP contribution in [0, 0.1) is 5.92 Å². The van der Waals surface area contributed by atoms with Gasteiger partial charge in [-0.2, -0.15) is 0 Å². The molecule has 5 heteroatoms. The maximum Gasteiger partial charge on any atom is 0.348 e. The minimum atomic E-state index is -0.384. The summed E-state index contributed by atoms with van der Waals surface area (Å²) in [5, 5.41) is 0. The lowest BCUT2D eigenvalue weighted by molar-refractivity contribution is -0.122. The molecule has 0 saturated carbocycles. The fourth-order valence-electron chi connectivity index (χ4n) is 4.02. The number of ether oxygens (including phenoxy) is 1. The van der Waals surface area contributed by atoms with Crippen molar-refractivity contribution in [2.45, 2.75) is 45.6 Å². The van der Waals surface area contributed by atoms with Crippen molar-refractivity contribution in [2.75, 3.05) is 11.5 Å². The van der Waals surface area contributed by atoms with E-state index in [1.165, 1.54) is 33.8 Å². The normalized spacial score (nSPS) is 21.2. The van der Waals surface area contributed by atoms with Gasteiger partial charge in [0, 0.05) is 16.6 Å². The summed E-state index contributed by atoms with van der Waals surface area (Å²) in [7, 11) is 0. The number of hydrogen-bond acceptors (Lipinski definition) is 4. The highest BCUT2D eigenvalue weighted by Crippen LogP contribution is 2.33. The highest BCUT2D eigenvalue weighted by molar-refractivity contribution is 7.14. The zero-order valence-corrected chi connectivity index (χ0v) is 16.0. The van der Waals surface area contributed by atoms with Crippen molar-refractivity contribution in [1.29, 1.82) is 0 Å². The zero-order valence-electron chi connectivity index (χ0n) is 15.2. The SMILES string of the molecule is C[C@@H]1CCc2sc(C(=O)OCC(=O)N3c4ccccc4C[C@H]3C)cc2C1. The first-order valence-electron chi connectivity index (χ1n) is 9.21. The molecule has 1 aliphatic carbocycles. The number of amides is 1. The average molecular weight is 369 g/mol. The van der Waals surface area contributed by atoms with Gasteiger partial charge in [0.05, 0.1) is 0 Å². The molecule has 136 valence electrons. The van der Waals surface area contributed by atoms with E-state index in [0.29, 0.717) is 10.8 Å². The van der Waals surface area contributed by atoms with Crippen molar-refractivity contribution in [2.24, 2.45) is 5.92 Å². The number of benzene rings is 1. The molecule has 2 aromatic rings. The van der Waals surface area contributed by atoms with E-state index in [1.807, 2.05) is 37.3 Å². The lowest BCUT2D eigenvalue weighted by Crippen LogP contribution is -2.38. The van der Waals surface area contributed by atoms with Gasteiger partial charge >= 0.3 is 5.97 Å². The Kier molecular flexibility index (Phi) is 4.57. The Bertz CT molecular complexity index is 857. The lowest BCUT2D eigenvalue weighted by Gasteiger charge is -2.22. The van der Waals surface area contributed by atoms with E-state index >= 15 is 0 Å². The maximum absolute atomic E-state index is 12.6. The molecular formula is C21H23NO3S. The first-order valence-corrected chi connectivity index (χ1v) is 10.0. The third-order valence-corrected chi connectivity index (χ3v) is 6.55. The Balaban J connectivity index is 1.41. The summed E-state index contributed by atoms with van der Waals surface area (Å²) in [5.41, 5.74) is 3.37. The van der Waals surface area contributed by atoms with E-state index < -0.39 is 0 Å². The highest BCUT2D eigenvalue weighted by Gasteiger charge is 2.31. The van der Waals surface area contributed by atoms with Crippen molar-refractivity contribution in [3.8, 4) is 0 Å².